The van der Waals surface area contributed by atoms with Gasteiger partial charge in [-0.25, -0.2) is 0 Å². The maximum absolute atomic E-state index is 13.8. The molecule has 0 aromatic heterocycles. The maximum Gasteiger partial charge on any atom is 0.251 e. The van der Waals surface area contributed by atoms with Crippen LogP contribution in [0.3, 0.4) is 0 Å². The summed E-state index contributed by atoms with van der Waals surface area (Å²) in [5.41, 5.74) is 2.92. The van der Waals surface area contributed by atoms with Crippen LogP contribution in [0.2, 0.25) is 10.0 Å². The number of nitrogens with zero attached hydrogens (tertiary/aromatic N) is 1. The van der Waals surface area contributed by atoms with E-state index in [1.807, 2.05) is 29.2 Å². The summed E-state index contributed by atoms with van der Waals surface area (Å²) in [6, 6.07) is 25.1. The minimum atomic E-state index is -0.342. The minimum Gasteiger partial charge on any atom is -0.350 e. The van der Waals surface area contributed by atoms with Crippen molar-refractivity contribution in [1.29, 1.82) is 0 Å². The van der Waals surface area contributed by atoms with E-state index < -0.39 is 0 Å². The molecule has 0 radical (unpaired) electrons. The van der Waals surface area contributed by atoms with Crippen LogP contribution in [0.25, 0.3) is 0 Å². The van der Waals surface area contributed by atoms with Crippen LogP contribution in [-0.4, -0.2) is 55.0 Å². The van der Waals surface area contributed by atoms with Gasteiger partial charge in [0.1, 0.15) is 0 Å². The second kappa shape index (κ2) is 15.2. The van der Waals surface area contributed by atoms with Gasteiger partial charge in [-0.05, 0) is 55.1 Å². The summed E-state index contributed by atoms with van der Waals surface area (Å²) < 4.78 is 0. The van der Waals surface area contributed by atoms with Crippen molar-refractivity contribution in [2.45, 2.75) is 50.7 Å². The van der Waals surface area contributed by atoms with Gasteiger partial charge in [-0.2, -0.15) is 0 Å². The highest BCUT2D eigenvalue weighted by Gasteiger charge is 2.32. The Morgan fingerprint density at radius 2 is 1.75 bits per heavy atom. The molecule has 3 aromatic carbocycles. The van der Waals surface area contributed by atoms with Gasteiger partial charge in [0.05, 0.1) is 16.1 Å². The topological polar surface area (TPSA) is 73.5 Å². The molecule has 1 saturated heterocycles. The van der Waals surface area contributed by atoms with Crippen molar-refractivity contribution in [3.8, 4) is 0 Å². The van der Waals surface area contributed by atoms with E-state index in [1.54, 1.807) is 18.2 Å². The van der Waals surface area contributed by atoms with Gasteiger partial charge in [0, 0.05) is 43.7 Å². The third kappa shape index (κ3) is 8.55. The fraction of sp³-hybridized carbons (Fsp3) is 0.375. The van der Waals surface area contributed by atoms with E-state index >= 15 is 0 Å². The first-order valence-corrected chi connectivity index (χ1v) is 14.8. The molecule has 6 nitrogen and oxygen atoms in total. The van der Waals surface area contributed by atoms with Crippen molar-refractivity contribution in [3.63, 3.8) is 0 Å². The molecule has 3 atom stereocenters. The number of rotatable bonds is 12. The molecule has 0 aliphatic carbocycles. The van der Waals surface area contributed by atoms with Crippen molar-refractivity contribution in [3.05, 3.63) is 106 Å². The molecule has 3 unspecified atom stereocenters. The molecule has 0 spiro atoms. The van der Waals surface area contributed by atoms with Crippen molar-refractivity contribution in [2.75, 3.05) is 26.2 Å². The van der Waals surface area contributed by atoms with E-state index in [2.05, 4.69) is 59.3 Å². The van der Waals surface area contributed by atoms with E-state index in [9.17, 15) is 9.59 Å². The highest BCUT2D eigenvalue weighted by molar-refractivity contribution is 6.42. The van der Waals surface area contributed by atoms with Crippen molar-refractivity contribution in [2.24, 2.45) is 0 Å². The first-order valence-electron chi connectivity index (χ1n) is 14.0. The molecule has 1 fully saturated rings. The zero-order valence-corrected chi connectivity index (χ0v) is 24.4. The molecule has 3 N–H and O–H groups in total. The van der Waals surface area contributed by atoms with Crippen LogP contribution in [-0.2, 0) is 11.3 Å². The molecule has 8 heteroatoms. The first kappa shape index (κ1) is 30.1. The number of hydrogen-bond acceptors (Lipinski definition) is 4. The van der Waals surface area contributed by atoms with Crippen molar-refractivity contribution < 1.29 is 9.59 Å². The van der Waals surface area contributed by atoms with Gasteiger partial charge in [0.2, 0.25) is 5.91 Å². The smallest absolute Gasteiger partial charge is 0.251 e. The summed E-state index contributed by atoms with van der Waals surface area (Å²) in [4.78, 5) is 28.6. The molecule has 0 saturated carbocycles. The van der Waals surface area contributed by atoms with Gasteiger partial charge in [-0.15, -0.1) is 0 Å². The van der Waals surface area contributed by atoms with E-state index in [0.29, 0.717) is 48.2 Å². The minimum absolute atomic E-state index is 0.0448. The van der Waals surface area contributed by atoms with Gasteiger partial charge >= 0.3 is 0 Å². The Labute approximate surface area is 247 Å². The second-order valence-electron chi connectivity index (χ2n) is 10.3. The lowest BCUT2D eigenvalue weighted by atomic mass is 9.95. The lowest BCUT2D eigenvalue weighted by molar-refractivity contribution is -0.133. The molecule has 0 bridgehead atoms. The lowest BCUT2D eigenvalue weighted by Gasteiger charge is -2.28. The Kier molecular flexibility index (Phi) is 11.4. The van der Waals surface area contributed by atoms with E-state index in [-0.39, 0.29) is 29.8 Å². The van der Waals surface area contributed by atoms with Gasteiger partial charge < -0.3 is 20.9 Å². The zero-order chi connectivity index (χ0) is 28.3. The fourth-order valence-corrected chi connectivity index (χ4v) is 5.42. The number of carbonyl (C=O) groups is 2. The molecule has 2 amide bonds. The second-order valence-corrected chi connectivity index (χ2v) is 11.1. The molecule has 212 valence electrons. The molecular formula is C32H38Cl2N4O2. The standard InChI is InChI=1S/C32H38Cl2N4O2/c1-2-24(25-11-7-4-8-12-25)22-38-18-16-27(21-36-31(39)26-13-14-28(33)29(34)19-26)37-30(32(38)40)15-17-35-20-23-9-5-3-6-10-23/h3-14,19,24,27,30,35,37H,2,15-18,20-22H2,1H3,(H,36,39). The third-order valence-corrected chi connectivity index (χ3v) is 8.21. The summed E-state index contributed by atoms with van der Waals surface area (Å²) >= 11 is 12.1. The average molecular weight is 582 g/mol. The van der Waals surface area contributed by atoms with Crippen LogP contribution < -0.4 is 16.0 Å². The molecule has 3 aromatic rings. The number of amides is 2. The van der Waals surface area contributed by atoms with Crippen molar-refractivity contribution >= 4 is 35.0 Å². The number of hydrogen-bond donors (Lipinski definition) is 3. The van der Waals surface area contributed by atoms with E-state index in [1.165, 1.54) is 11.1 Å². The largest absolute Gasteiger partial charge is 0.350 e. The summed E-state index contributed by atoms with van der Waals surface area (Å²) in [6.07, 6.45) is 2.35. The summed E-state index contributed by atoms with van der Waals surface area (Å²) in [7, 11) is 0. The number of carbonyl (C=O) groups excluding carboxylic acids is 2. The Morgan fingerprint density at radius 1 is 1.02 bits per heavy atom. The quantitative estimate of drug-likeness (QED) is 0.242. The fourth-order valence-electron chi connectivity index (χ4n) is 5.12. The van der Waals surface area contributed by atoms with Crippen LogP contribution >= 0.6 is 23.2 Å². The number of halogens is 2. The molecule has 40 heavy (non-hydrogen) atoms. The molecule has 4 rings (SSSR count). The number of nitrogens with one attached hydrogen (secondary N) is 3. The molecular weight excluding hydrogens is 543 g/mol. The monoisotopic (exact) mass is 580 g/mol. The Morgan fingerprint density at radius 3 is 2.45 bits per heavy atom. The zero-order valence-electron chi connectivity index (χ0n) is 22.9. The van der Waals surface area contributed by atoms with Gasteiger partial charge in [0.25, 0.3) is 5.91 Å². The van der Waals surface area contributed by atoms with Gasteiger partial charge in [0.15, 0.2) is 0 Å². The summed E-state index contributed by atoms with van der Waals surface area (Å²) in [6.45, 7) is 5.34. The summed E-state index contributed by atoms with van der Waals surface area (Å²) in [5, 5.41) is 10.8. The first-order chi connectivity index (χ1) is 19.4. The maximum atomic E-state index is 13.8. The Balaban J connectivity index is 1.41. The predicted molar refractivity (Wildman–Crippen MR) is 163 cm³/mol. The molecule has 1 aliphatic rings. The Bertz CT molecular complexity index is 1240. The third-order valence-electron chi connectivity index (χ3n) is 7.47. The van der Waals surface area contributed by atoms with Crippen LogP contribution in [0.5, 0.6) is 0 Å². The van der Waals surface area contributed by atoms with Crippen LogP contribution in [0, 0.1) is 0 Å². The van der Waals surface area contributed by atoms with E-state index in [0.717, 1.165) is 19.4 Å². The van der Waals surface area contributed by atoms with Crippen LogP contribution in [0.1, 0.15) is 53.6 Å². The van der Waals surface area contributed by atoms with Crippen LogP contribution in [0.4, 0.5) is 0 Å². The average Bonchev–Trinajstić information content (AvgIpc) is 3.13. The van der Waals surface area contributed by atoms with Crippen molar-refractivity contribution in [1.82, 2.24) is 20.9 Å². The predicted octanol–water partition coefficient (Wildman–Crippen LogP) is 5.66. The highest BCUT2D eigenvalue weighted by atomic mass is 35.5. The van der Waals surface area contributed by atoms with E-state index in [4.69, 9.17) is 23.2 Å². The highest BCUT2D eigenvalue weighted by Crippen LogP contribution is 2.24. The lowest BCUT2D eigenvalue weighted by Crippen LogP contribution is -2.50. The molecule has 1 heterocycles. The van der Waals surface area contributed by atoms with Gasteiger partial charge in [-0.1, -0.05) is 90.8 Å². The summed E-state index contributed by atoms with van der Waals surface area (Å²) in [5.74, 6) is 0.172. The Hall–Kier alpha value is -2.90. The van der Waals surface area contributed by atoms with Gasteiger partial charge in [-0.3, -0.25) is 9.59 Å². The number of benzene rings is 3. The molecule has 1 aliphatic heterocycles. The normalized spacial score (nSPS) is 18.3. The van der Waals surface area contributed by atoms with Crippen LogP contribution in [0.15, 0.2) is 78.9 Å². The SMILES string of the molecule is CCC(CN1CCC(CNC(=O)c2ccc(Cl)c(Cl)c2)NC(CCNCc2ccccc2)C1=O)c1ccccc1.